The Balaban J connectivity index is 1.35. The summed E-state index contributed by atoms with van der Waals surface area (Å²) in [5.74, 6) is 0.366. The molecule has 2 atom stereocenters. The highest BCUT2D eigenvalue weighted by molar-refractivity contribution is 6.25. The van der Waals surface area contributed by atoms with Gasteiger partial charge in [0.15, 0.2) is 12.1 Å². The monoisotopic (exact) mass is 430 g/mol. The van der Waals surface area contributed by atoms with Gasteiger partial charge in [0.25, 0.3) is 11.8 Å². The summed E-state index contributed by atoms with van der Waals surface area (Å²) in [7, 11) is 0. The molecule has 1 fully saturated rings. The number of amides is 2. The smallest absolute Gasteiger partial charge is 0.263 e. The predicted octanol–water partition coefficient (Wildman–Crippen LogP) is 3.66. The zero-order chi connectivity index (χ0) is 22.4. The molecule has 9 heteroatoms. The molecule has 2 aromatic carbocycles. The van der Waals surface area contributed by atoms with Crippen LogP contribution in [-0.2, 0) is 16.1 Å². The molecule has 1 saturated heterocycles. The minimum absolute atomic E-state index is 0.0859. The van der Waals surface area contributed by atoms with Crippen molar-refractivity contribution in [3.8, 4) is 11.4 Å². The molecule has 162 valence electrons. The summed E-state index contributed by atoms with van der Waals surface area (Å²) in [5.41, 5.74) is 3.59. The minimum Gasteiger partial charge on any atom is -0.337 e. The quantitative estimate of drug-likeness (QED) is 0.572. The number of nitrogens with zero attached hydrogens (tertiary/aromatic N) is 6. The lowest BCUT2D eigenvalue weighted by Gasteiger charge is -2.19. The highest BCUT2D eigenvalue weighted by Gasteiger charge is 2.55. The van der Waals surface area contributed by atoms with Crippen LogP contribution >= 0.6 is 0 Å². The van der Waals surface area contributed by atoms with Crippen molar-refractivity contribution in [2.24, 2.45) is 10.3 Å². The molecule has 2 aliphatic rings. The van der Waals surface area contributed by atoms with E-state index >= 15 is 0 Å². The number of imide groups is 1. The summed E-state index contributed by atoms with van der Waals surface area (Å²) in [5, 5.41) is 13.6. The highest BCUT2D eigenvalue weighted by atomic mass is 16.5. The van der Waals surface area contributed by atoms with E-state index in [2.05, 4.69) is 34.3 Å². The second kappa shape index (κ2) is 7.67. The van der Waals surface area contributed by atoms with E-state index in [9.17, 15) is 9.59 Å². The van der Waals surface area contributed by atoms with Crippen LogP contribution in [-0.4, -0.2) is 39.0 Å². The van der Waals surface area contributed by atoms with Gasteiger partial charge in [0.05, 0.1) is 5.69 Å². The number of benzene rings is 2. The number of fused-ring (bicyclic) bond motifs is 1. The zero-order valence-corrected chi connectivity index (χ0v) is 18.0. The maximum Gasteiger partial charge on any atom is 0.263 e. The molecule has 0 spiro atoms. The Morgan fingerprint density at radius 3 is 2.56 bits per heavy atom. The number of hydrogen-bond donors (Lipinski definition) is 0. The van der Waals surface area contributed by atoms with Crippen molar-refractivity contribution in [2.75, 3.05) is 4.90 Å². The number of carbonyl (C=O) groups excluding carboxylic acids is 2. The summed E-state index contributed by atoms with van der Waals surface area (Å²) >= 11 is 0. The molecule has 2 aliphatic heterocycles. The van der Waals surface area contributed by atoms with Crippen LogP contribution in [0.15, 0.2) is 63.4 Å². The fraction of sp³-hybridized carbons (Fsp3) is 0.304. The van der Waals surface area contributed by atoms with Crippen LogP contribution in [0.2, 0.25) is 0 Å². The van der Waals surface area contributed by atoms with Crippen LogP contribution in [0.4, 0.5) is 5.69 Å². The van der Waals surface area contributed by atoms with Crippen molar-refractivity contribution < 1.29 is 14.1 Å². The van der Waals surface area contributed by atoms with Crippen LogP contribution in [0.1, 0.15) is 36.8 Å². The molecule has 1 aromatic heterocycles. The number of rotatable bonds is 5. The third-order valence-corrected chi connectivity index (χ3v) is 5.72. The number of anilines is 1. The normalized spacial score (nSPS) is 20.0. The van der Waals surface area contributed by atoms with Gasteiger partial charge in [-0.3, -0.25) is 14.6 Å². The van der Waals surface area contributed by atoms with E-state index in [1.54, 1.807) is 12.1 Å². The van der Waals surface area contributed by atoms with Crippen LogP contribution in [0.25, 0.3) is 11.4 Å². The number of aromatic nitrogens is 2. The second-order valence-electron chi connectivity index (χ2n) is 8.33. The minimum atomic E-state index is -0.869. The Bertz CT molecular complexity index is 1220. The van der Waals surface area contributed by atoms with Crippen LogP contribution < -0.4 is 4.90 Å². The Hall–Kier alpha value is -3.88. The van der Waals surface area contributed by atoms with E-state index in [-0.39, 0.29) is 18.4 Å². The van der Waals surface area contributed by atoms with Gasteiger partial charge in [0, 0.05) is 5.56 Å². The van der Waals surface area contributed by atoms with E-state index in [0.29, 0.717) is 23.3 Å². The Morgan fingerprint density at radius 2 is 1.84 bits per heavy atom. The topological polar surface area (TPSA) is 104 Å². The van der Waals surface area contributed by atoms with Crippen LogP contribution in [0, 0.1) is 6.92 Å². The Kier molecular flexibility index (Phi) is 4.80. The van der Waals surface area contributed by atoms with Crippen molar-refractivity contribution in [2.45, 2.75) is 45.3 Å². The molecule has 0 aliphatic carbocycles. The summed E-state index contributed by atoms with van der Waals surface area (Å²) in [4.78, 5) is 31.7. The molecule has 0 N–H and O–H groups in total. The van der Waals surface area contributed by atoms with E-state index in [4.69, 9.17) is 4.52 Å². The SMILES string of the molecule is Cc1cccc(-c2noc(CN3N=N[C@H]4C(=O)N(c5ccc(C(C)C)cc5)C(=O)[C@H]43)n2)c1. The summed E-state index contributed by atoms with van der Waals surface area (Å²) in [6.07, 6.45) is 0. The first kappa shape index (κ1) is 20.0. The first-order chi connectivity index (χ1) is 15.4. The highest BCUT2D eigenvalue weighted by Crippen LogP contribution is 2.33. The molecule has 9 nitrogen and oxygen atoms in total. The third kappa shape index (κ3) is 3.35. The molecule has 0 saturated carbocycles. The third-order valence-electron chi connectivity index (χ3n) is 5.72. The van der Waals surface area contributed by atoms with Crippen molar-refractivity contribution in [3.05, 3.63) is 65.5 Å². The van der Waals surface area contributed by atoms with Gasteiger partial charge in [-0.05, 0) is 36.6 Å². The van der Waals surface area contributed by atoms with Gasteiger partial charge in [0.1, 0.15) is 6.54 Å². The van der Waals surface area contributed by atoms with Gasteiger partial charge in [0.2, 0.25) is 11.7 Å². The molecule has 0 unspecified atom stereocenters. The molecular formula is C23H22N6O3. The number of hydrogen-bond acceptors (Lipinski definition) is 8. The average molecular weight is 430 g/mol. The molecule has 5 rings (SSSR count). The van der Waals surface area contributed by atoms with E-state index in [1.165, 1.54) is 9.91 Å². The Labute approximate surface area is 184 Å². The summed E-state index contributed by atoms with van der Waals surface area (Å²) in [6.45, 7) is 6.25. The molecule has 3 aromatic rings. The number of aryl methyl sites for hydroxylation is 1. The fourth-order valence-corrected chi connectivity index (χ4v) is 3.98. The lowest BCUT2D eigenvalue weighted by atomic mass is 10.0. The lowest BCUT2D eigenvalue weighted by molar-refractivity contribution is -0.123. The maximum absolute atomic E-state index is 13.2. The van der Waals surface area contributed by atoms with Gasteiger partial charge < -0.3 is 4.52 Å². The molecule has 0 bridgehead atoms. The average Bonchev–Trinajstić information content (AvgIpc) is 3.47. The molecule has 2 amide bonds. The molecule has 0 radical (unpaired) electrons. The second-order valence-corrected chi connectivity index (χ2v) is 8.33. The Morgan fingerprint density at radius 1 is 1.06 bits per heavy atom. The number of carbonyl (C=O) groups is 2. The first-order valence-electron chi connectivity index (χ1n) is 10.5. The van der Waals surface area contributed by atoms with Gasteiger partial charge in [-0.25, -0.2) is 4.90 Å². The van der Waals surface area contributed by atoms with Crippen molar-refractivity contribution in [1.82, 2.24) is 15.1 Å². The zero-order valence-electron chi connectivity index (χ0n) is 18.0. The van der Waals surface area contributed by atoms with Crippen molar-refractivity contribution in [1.29, 1.82) is 0 Å². The van der Waals surface area contributed by atoms with Crippen molar-refractivity contribution in [3.63, 3.8) is 0 Å². The molecular weight excluding hydrogens is 408 g/mol. The van der Waals surface area contributed by atoms with Gasteiger partial charge >= 0.3 is 0 Å². The fourth-order valence-electron chi connectivity index (χ4n) is 3.98. The van der Waals surface area contributed by atoms with Crippen LogP contribution in [0.5, 0.6) is 0 Å². The standard InChI is InChI=1S/C23H22N6O3/c1-13(2)15-7-9-17(10-8-15)29-22(30)19-20(23(29)31)28(27-25-19)12-18-24-21(26-32-18)16-6-4-5-14(3)11-16/h4-11,13,19-20H,12H2,1-3H3/t19-,20+/m1/s1. The summed E-state index contributed by atoms with van der Waals surface area (Å²) in [6, 6.07) is 13.5. The molecule has 32 heavy (non-hydrogen) atoms. The van der Waals surface area contributed by atoms with Crippen molar-refractivity contribution >= 4 is 17.5 Å². The van der Waals surface area contributed by atoms with E-state index < -0.39 is 12.1 Å². The lowest BCUT2D eigenvalue weighted by Crippen LogP contribution is -2.39. The van der Waals surface area contributed by atoms with Gasteiger partial charge in [-0.15, -0.1) is 0 Å². The largest absolute Gasteiger partial charge is 0.337 e. The van der Waals surface area contributed by atoms with Gasteiger partial charge in [-0.1, -0.05) is 60.1 Å². The first-order valence-corrected chi connectivity index (χ1v) is 10.5. The predicted molar refractivity (Wildman–Crippen MR) is 115 cm³/mol. The summed E-state index contributed by atoms with van der Waals surface area (Å²) < 4.78 is 5.36. The maximum atomic E-state index is 13.2. The molecule has 3 heterocycles. The van der Waals surface area contributed by atoms with E-state index in [1.807, 2.05) is 43.3 Å². The van der Waals surface area contributed by atoms with Gasteiger partial charge in [-0.2, -0.15) is 10.1 Å². The van der Waals surface area contributed by atoms with E-state index in [0.717, 1.165) is 16.7 Å². The van der Waals surface area contributed by atoms with Crippen LogP contribution in [0.3, 0.4) is 0 Å².